The normalized spacial score (nSPS) is 13.5. The van der Waals surface area contributed by atoms with E-state index in [9.17, 15) is 14.0 Å². The molecule has 0 unspecified atom stereocenters. The largest absolute Gasteiger partial charge is 0.417 e. The van der Waals surface area contributed by atoms with Gasteiger partial charge >= 0.3 is 5.76 Å². The van der Waals surface area contributed by atoms with E-state index in [0.717, 1.165) is 11.8 Å². The van der Waals surface area contributed by atoms with E-state index in [1.54, 1.807) is 36.2 Å². The number of hydrogen-bond acceptors (Lipinski definition) is 7. The van der Waals surface area contributed by atoms with Crippen LogP contribution in [0.3, 0.4) is 0 Å². The van der Waals surface area contributed by atoms with Crippen LogP contribution in [0.15, 0.2) is 64.0 Å². The van der Waals surface area contributed by atoms with Crippen LogP contribution >= 0.6 is 0 Å². The average molecular weight is 446 g/mol. The molecule has 166 valence electrons. The molecule has 1 amide bonds. The van der Waals surface area contributed by atoms with Gasteiger partial charge in [-0.3, -0.25) is 9.78 Å². The number of nitrogens with zero attached hydrogens (tertiary/aromatic N) is 3. The number of carbonyl (C=O) groups excluding carboxylic acids is 1. The molecule has 33 heavy (non-hydrogen) atoms. The Balaban J connectivity index is 1.41. The minimum Gasteiger partial charge on any atom is -0.408 e. The van der Waals surface area contributed by atoms with Crippen molar-refractivity contribution >= 4 is 40.1 Å². The highest BCUT2D eigenvalue weighted by Gasteiger charge is 2.17. The Labute approximate surface area is 187 Å². The van der Waals surface area contributed by atoms with Crippen molar-refractivity contribution < 1.29 is 13.6 Å². The van der Waals surface area contributed by atoms with Crippen molar-refractivity contribution in [3.63, 3.8) is 0 Å². The van der Waals surface area contributed by atoms with Gasteiger partial charge in [0.1, 0.15) is 0 Å². The lowest BCUT2D eigenvalue weighted by molar-refractivity contribution is 0.0808. The summed E-state index contributed by atoms with van der Waals surface area (Å²) >= 11 is 0. The Morgan fingerprint density at radius 2 is 1.91 bits per heavy atom. The number of carbonyl (C=O) groups is 1. The molecule has 2 aromatic carbocycles. The van der Waals surface area contributed by atoms with Crippen LogP contribution in [0.4, 0.5) is 27.5 Å². The van der Waals surface area contributed by atoms with E-state index in [2.05, 4.69) is 25.6 Å². The molecular formula is C23H19FN6O3. The highest BCUT2D eigenvalue weighted by Crippen LogP contribution is 2.25. The fourth-order valence-electron chi connectivity index (χ4n) is 3.57. The molecule has 2 aromatic heterocycles. The Hall–Kier alpha value is -4.47. The van der Waals surface area contributed by atoms with Crippen molar-refractivity contribution in [1.82, 2.24) is 19.9 Å². The zero-order valence-corrected chi connectivity index (χ0v) is 17.6. The highest BCUT2D eigenvalue weighted by molar-refractivity contribution is 5.97. The second-order valence-electron chi connectivity index (χ2n) is 7.60. The van der Waals surface area contributed by atoms with E-state index in [-0.39, 0.29) is 17.7 Å². The van der Waals surface area contributed by atoms with Crippen LogP contribution in [-0.4, -0.2) is 39.4 Å². The zero-order chi connectivity index (χ0) is 22.9. The van der Waals surface area contributed by atoms with Crippen LogP contribution in [0.1, 0.15) is 15.9 Å². The number of rotatable bonds is 4. The monoisotopic (exact) mass is 446 g/mol. The molecule has 4 aromatic rings. The minimum absolute atomic E-state index is 0.0510. The molecule has 10 heteroatoms. The summed E-state index contributed by atoms with van der Waals surface area (Å²) in [6.45, 7) is 0.546. The van der Waals surface area contributed by atoms with Gasteiger partial charge < -0.3 is 20.0 Å². The lowest BCUT2D eigenvalue weighted by Gasteiger charge is -2.20. The first-order chi connectivity index (χ1) is 16.0. The summed E-state index contributed by atoms with van der Waals surface area (Å²) in [5.41, 5.74) is 3.49. The van der Waals surface area contributed by atoms with E-state index in [0.29, 0.717) is 41.0 Å². The van der Waals surface area contributed by atoms with Crippen molar-refractivity contribution in [2.75, 3.05) is 24.2 Å². The Morgan fingerprint density at radius 1 is 1.09 bits per heavy atom. The molecule has 1 aliphatic heterocycles. The molecule has 0 saturated carbocycles. The number of hydrogen-bond donors (Lipinski definition) is 3. The van der Waals surface area contributed by atoms with Gasteiger partial charge in [0.25, 0.3) is 5.91 Å². The zero-order valence-electron chi connectivity index (χ0n) is 17.6. The van der Waals surface area contributed by atoms with Crippen molar-refractivity contribution in [1.29, 1.82) is 0 Å². The molecule has 0 bridgehead atoms. The third kappa shape index (κ3) is 4.18. The topological polar surface area (TPSA) is 116 Å². The quantitative estimate of drug-likeness (QED) is 0.409. The number of benzene rings is 2. The van der Waals surface area contributed by atoms with Gasteiger partial charge in [0.15, 0.2) is 17.2 Å². The molecule has 0 fully saturated rings. The molecule has 1 aliphatic rings. The van der Waals surface area contributed by atoms with Crippen LogP contribution < -0.4 is 16.4 Å². The first-order valence-corrected chi connectivity index (χ1v) is 10.2. The second-order valence-corrected chi connectivity index (χ2v) is 7.60. The number of oxazole rings is 1. The molecule has 3 N–H and O–H groups in total. The summed E-state index contributed by atoms with van der Waals surface area (Å²) in [6, 6.07) is 10.3. The Kier molecular flexibility index (Phi) is 5.09. The highest BCUT2D eigenvalue weighted by atomic mass is 19.1. The number of allylic oxidation sites excluding steroid dienone is 1. The summed E-state index contributed by atoms with van der Waals surface area (Å²) in [5.74, 6) is -1.19. The van der Waals surface area contributed by atoms with Crippen molar-refractivity contribution in [2.45, 2.75) is 6.42 Å². The molecule has 5 rings (SSSR count). The maximum Gasteiger partial charge on any atom is 0.417 e. The molecule has 0 atom stereocenters. The number of anilines is 4. The van der Waals surface area contributed by atoms with E-state index in [4.69, 9.17) is 4.42 Å². The second kappa shape index (κ2) is 8.23. The summed E-state index contributed by atoms with van der Waals surface area (Å²) in [4.78, 5) is 36.5. The molecule has 0 aliphatic carbocycles. The van der Waals surface area contributed by atoms with E-state index in [1.807, 2.05) is 24.3 Å². The molecule has 9 nitrogen and oxygen atoms in total. The summed E-state index contributed by atoms with van der Waals surface area (Å²) in [6.07, 6.45) is 5.72. The predicted molar refractivity (Wildman–Crippen MR) is 122 cm³/mol. The van der Waals surface area contributed by atoms with Gasteiger partial charge in [-0.2, -0.15) is 4.98 Å². The van der Waals surface area contributed by atoms with Gasteiger partial charge in [0.05, 0.1) is 11.7 Å². The van der Waals surface area contributed by atoms with Crippen LogP contribution in [-0.2, 0) is 6.42 Å². The fraction of sp³-hybridized carbons (Fsp3) is 0.130. The van der Waals surface area contributed by atoms with Crippen LogP contribution in [0.2, 0.25) is 0 Å². The third-order valence-corrected chi connectivity index (χ3v) is 5.25. The summed E-state index contributed by atoms with van der Waals surface area (Å²) < 4.78 is 19.3. The number of nitrogens with one attached hydrogen (secondary N) is 3. The van der Waals surface area contributed by atoms with E-state index < -0.39 is 11.6 Å². The van der Waals surface area contributed by atoms with Crippen molar-refractivity contribution in [3.05, 3.63) is 82.2 Å². The minimum atomic E-state index is -0.650. The average Bonchev–Trinajstić information content (AvgIpc) is 3.17. The van der Waals surface area contributed by atoms with Gasteiger partial charge in [-0.15, -0.1) is 0 Å². The van der Waals surface area contributed by atoms with Crippen LogP contribution in [0, 0.1) is 5.82 Å². The third-order valence-electron chi connectivity index (χ3n) is 5.25. The fourth-order valence-corrected chi connectivity index (χ4v) is 3.57. The van der Waals surface area contributed by atoms with Crippen molar-refractivity contribution in [2.24, 2.45) is 0 Å². The summed E-state index contributed by atoms with van der Waals surface area (Å²) in [5, 5.41) is 5.91. The number of aromatic amines is 1. The van der Waals surface area contributed by atoms with Crippen LogP contribution in [0.25, 0.3) is 11.1 Å². The number of amides is 1. The molecule has 0 saturated heterocycles. The smallest absolute Gasteiger partial charge is 0.408 e. The molecule has 3 heterocycles. The van der Waals surface area contributed by atoms with Gasteiger partial charge in [-0.25, -0.2) is 14.2 Å². The van der Waals surface area contributed by atoms with Crippen LogP contribution in [0.5, 0.6) is 0 Å². The first-order valence-electron chi connectivity index (χ1n) is 10.2. The van der Waals surface area contributed by atoms with Gasteiger partial charge in [0.2, 0.25) is 5.95 Å². The van der Waals surface area contributed by atoms with Gasteiger partial charge in [-0.05, 0) is 42.3 Å². The Morgan fingerprint density at radius 3 is 2.79 bits per heavy atom. The maximum absolute atomic E-state index is 14.4. The SMILES string of the molecule is CN1CC=CCc2ccc(Nc3ncc(F)c(Nc4ccc5oc(=O)[nH]c5c4)n3)cc2C1=O. The van der Waals surface area contributed by atoms with E-state index in [1.165, 1.54) is 0 Å². The number of halogens is 1. The summed E-state index contributed by atoms with van der Waals surface area (Å²) in [7, 11) is 1.75. The molecule has 0 radical (unpaired) electrons. The number of likely N-dealkylation sites (N-methyl/N-ethyl adjacent to an activating group) is 1. The lowest BCUT2D eigenvalue weighted by Crippen LogP contribution is -2.28. The van der Waals surface area contributed by atoms with E-state index >= 15 is 0 Å². The standard InChI is InChI=1S/C23H19FN6O3/c1-30-9-3-2-4-13-5-6-14(10-16(13)21(30)31)27-22-25-12-17(24)20(29-22)26-15-7-8-19-18(11-15)28-23(32)33-19/h2-3,5-8,10-12H,4,9H2,1H3,(H,28,32)(H2,25,26,27,29). The Bertz CT molecular complexity index is 1460. The number of fused-ring (bicyclic) bond motifs is 2. The van der Waals surface area contributed by atoms with Crippen molar-refractivity contribution in [3.8, 4) is 0 Å². The predicted octanol–water partition coefficient (Wildman–Crippen LogP) is 3.72. The molecular weight excluding hydrogens is 427 g/mol. The van der Waals surface area contributed by atoms with Gasteiger partial charge in [0, 0.05) is 30.5 Å². The number of H-pyrrole nitrogens is 1. The molecule has 0 spiro atoms. The first kappa shape index (κ1) is 20.4. The van der Waals surface area contributed by atoms with Gasteiger partial charge in [-0.1, -0.05) is 18.2 Å². The maximum atomic E-state index is 14.4. The number of aromatic nitrogens is 3. The lowest BCUT2D eigenvalue weighted by atomic mass is 10.0.